The van der Waals surface area contributed by atoms with Gasteiger partial charge in [0.1, 0.15) is 0 Å². The van der Waals surface area contributed by atoms with Crippen molar-refractivity contribution in [1.82, 2.24) is 14.7 Å². The number of benzene rings is 1. The molecule has 0 bridgehead atoms. The highest BCUT2D eigenvalue weighted by atomic mass is 32.1. The standard InChI is InChI=1S/C21H19N3O2S2/c1-23-20(25)18-9-3-2-8-17(18)19(22-23)21(26)24(14-16-7-5-13-28-16)11-10-15-6-4-12-27-15/h2-9,12-13H,10-11,14H2,1H3. The van der Waals surface area contributed by atoms with Gasteiger partial charge in [0.15, 0.2) is 5.69 Å². The lowest BCUT2D eigenvalue weighted by molar-refractivity contribution is 0.0741. The minimum atomic E-state index is -0.199. The van der Waals surface area contributed by atoms with E-state index in [1.807, 2.05) is 39.9 Å². The van der Waals surface area contributed by atoms with Gasteiger partial charge < -0.3 is 4.90 Å². The maximum Gasteiger partial charge on any atom is 0.275 e. The molecule has 0 aliphatic carbocycles. The molecule has 0 aliphatic heterocycles. The minimum absolute atomic E-state index is 0.156. The molecule has 0 saturated heterocycles. The van der Waals surface area contributed by atoms with E-state index < -0.39 is 0 Å². The molecule has 0 atom stereocenters. The molecular formula is C21H19N3O2S2. The van der Waals surface area contributed by atoms with Crippen molar-refractivity contribution in [2.45, 2.75) is 13.0 Å². The molecule has 142 valence electrons. The topological polar surface area (TPSA) is 55.2 Å². The second kappa shape index (κ2) is 8.08. The summed E-state index contributed by atoms with van der Waals surface area (Å²) in [6.07, 6.45) is 0.790. The number of amides is 1. The molecule has 0 aliphatic rings. The second-order valence-corrected chi connectivity index (χ2v) is 8.52. The molecule has 0 spiro atoms. The SMILES string of the molecule is Cn1nc(C(=O)N(CCc2cccs2)Cc2cccs2)c2ccccc2c1=O. The average molecular weight is 410 g/mol. The van der Waals surface area contributed by atoms with Crippen LogP contribution in [0.2, 0.25) is 0 Å². The van der Waals surface area contributed by atoms with E-state index in [9.17, 15) is 9.59 Å². The van der Waals surface area contributed by atoms with Gasteiger partial charge in [-0.05, 0) is 35.4 Å². The molecule has 4 rings (SSSR count). The smallest absolute Gasteiger partial charge is 0.275 e. The van der Waals surface area contributed by atoms with Gasteiger partial charge in [-0.2, -0.15) is 5.10 Å². The number of hydrogen-bond acceptors (Lipinski definition) is 5. The van der Waals surface area contributed by atoms with Gasteiger partial charge in [-0.3, -0.25) is 9.59 Å². The van der Waals surface area contributed by atoms with Crippen molar-refractivity contribution >= 4 is 39.4 Å². The molecule has 0 radical (unpaired) electrons. The molecule has 0 N–H and O–H groups in total. The number of aromatic nitrogens is 2. The molecule has 0 saturated carbocycles. The summed E-state index contributed by atoms with van der Waals surface area (Å²) in [5, 5.41) is 9.48. The molecule has 3 aromatic heterocycles. The lowest BCUT2D eigenvalue weighted by Crippen LogP contribution is -2.35. The van der Waals surface area contributed by atoms with Crippen LogP contribution in [0, 0.1) is 0 Å². The Balaban J connectivity index is 1.71. The Morgan fingerprint density at radius 2 is 1.68 bits per heavy atom. The highest BCUT2D eigenvalue weighted by Gasteiger charge is 2.22. The Morgan fingerprint density at radius 1 is 1.00 bits per heavy atom. The van der Waals surface area contributed by atoms with E-state index in [1.54, 1.807) is 47.9 Å². The summed E-state index contributed by atoms with van der Waals surface area (Å²) in [6.45, 7) is 1.12. The number of fused-ring (bicyclic) bond motifs is 1. The van der Waals surface area contributed by atoms with Crippen molar-refractivity contribution in [3.05, 3.63) is 85.1 Å². The monoisotopic (exact) mass is 409 g/mol. The van der Waals surface area contributed by atoms with Crippen LogP contribution >= 0.6 is 22.7 Å². The number of aryl methyl sites for hydroxylation is 1. The Hall–Kier alpha value is -2.77. The van der Waals surface area contributed by atoms with Gasteiger partial charge in [0.05, 0.1) is 11.9 Å². The van der Waals surface area contributed by atoms with Gasteiger partial charge in [0.25, 0.3) is 11.5 Å². The van der Waals surface area contributed by atoms with Crippen LogP contribution in [0.5, 0.6) is 0 Å². The summed E-state index contributed by atoms with van der Waals surface area (Å²) in [4.78, 5) is 30.0. The average Bonchev–Trinajstić information content (AvgIpc) is 3.41. The molecular weight excluding hydrogens is 390 g/mol. The normalized spacial score (nSPS) is 11.0. The zero-order valence-corrected chi connectivity index (χ0v) is 17.0. The second-order valence-electron chi connectivity index (χ2n) is 6.46. The van der Waals surface area contributed by atoms with Gasteiger partial charge >= 0.3 is 0 Å². The van der Waals surface area contributed by atoms with E-state index in [-0.39, 0.29) is 11.5 Å². The summed E-state index contributed by atoms with van der Waals surface area (Å²) >= 11 is 3.32. The maximum atomic E-state index is 13.5. The van der Waals surface area contributed by atoms with E-state index in [0.717, 1.165) is 11.3 Å². The quantitative estimate of drug-likeness (QED) is 0.485. The summed E-state index contributed by atoms with van der Waals surface area (Å²) in [5.74, 6) is -0.156. The van der Waals surface area contributed by atoms with E-state index in [0.29, 0.717) is 29.6 Å². The fourth-order valence-electron chi connectivity index (χ4n) is 3.15. The highest BCUT2D eigenvalue weighted by Crippen LogP contribution is 2.19. The van der Waals surface area contributed by atoms with Crippen LogP contribution in [0.15, 0.2) is 64.1 Å². The van der Waals surface area contributed by atoms with Crippen molar-refractivity contribution < 1.29 is 4.79 Å². The molecule has 0 unspecified atom stereocenters. The molecule has 5 nitrogen and oxygen atoms in total. The Morgan fingerprint density at radius 3 is 2.36 bits per heavy atom. The highest BCUT2D eigenvalue weighted by molar-refractivity contribution is 7.10. The zero-order chi connectivity index (χ0) is 19.5. The molecule has 0 fully saturated rings. The number of rotatable bonds is 6. The summed E-state index contributed by atoms with van der Waals surface area (Å²) in [7, 11) is 1.58. The first-order valence-electron chi connectivity index (χ1n) is 8.93. The predicted molar refractivity (Wildman–Crippen MR) is 114 cm³/mol. The number of carbonyl (C=O) groups is 1. The molecule has 7 heteroatoms. The van der Waals surface area contributed by atoms with Crippen LogP contribution in [-0.4, -0.2) is 27.1 Å². The van der Waals surface area contributed by atoms with Crippen LogP contribution in [0.1, 0.15) is 20.2 Å². The van der Waals surface area contributed by atoms with Crippen molar-refractivity contribution in [1.29, 1.82) is 0 Å². The molecule has 3 heterocycles. The van der Waals surface area contributed by atoms with Crippen LogP contribution in [0.25, 0.3) is 10.8 Å². The lowest BCUT2D eigenvalue weighted by atomic mass is 10.1. The number of carbonyl (C=O) groups excluding carboxylic acids is 1. The zero-order valence-electron chi connectivity index (χ0n) is 15.4. The Bertz CT molecular complexity index is 1150. The van der Waals surface area contributed by atoms with Gasteiger partial charge in [-0.1, -0.05) is 30.3 Å². The van der Waals surface area contributed by atoms with Gasteiger partial charge in [-0.25, -0.2) is 4.68 Å². The lowest BCUT2D eigenvalue weighted by Gasteiger charge is -2.22. The first kappa shape index (κ1) is 18.6. The van der Waals surface area contributed by atoms with Crippen LogP contribution in [-0.2, 0) is 20.0 Å². The minimum Gasteiger partial charge on any atom is -0.332 e. The third-order valence-corrected chi connectivity index (χ3v) is 6.38. The van der Waals surface area contributed by atoms with Crippen molar-refractivity contribution in [2.24, 2.45) is 7.05 Å². The molecule has 1 aromatic carbocycles. The van der Waals surface area contributed by atoms with Crippen molar-refractivity contribution in [3.8, 4) is 0 Å². The van der Waals surface area contributed by atoms with E-state index in [4.69, 9.17) is 0 Å². The number of hydrogen-bond donors (Lipinski definition) is 0. The summed E-state index contributed by atoms with van der Waals surface area (Å²) < 4.78 is 1.25. The Labute approximate surface area is 170 Å². The van der Waals surface area contributed by atoms with Gasteiger partial charge in [-0.15, -0.1) is 22.7 Å². The third-order valence-electron chi connectivity index (χ3n) is 4.58. The molecule has 4 aromatic rings. The molecule has 1 amide bonds. The van der Waals surface area contributed by atoms with Crippen LogP contribution in [0.3, 0.4) is 0 Å². The summed E-state index contributed by atoms with van der Waals surface area (Å²) in [6, 6.07) is 15.3. The van der Waals surface area contributed by atoms with Gasteiger partial charge in [0, 0.05) is 28.7 Å². The first-order valence-corrected chi connectivity index (χ1v) is 10.7. The van der Waals surface area contributed by atoms with Crippen molar-refractivity contribution in [2.75, 3.05) is 6.54 Å². The molecule has 28 heavy (non-hydrogen) atoms. The van der Waals surface area contributed by atoms with E-state index in [1.165, 1.54) is 9.56 Å². The summed E-state index contributed by atoms with van der Waals surface area (Å²) in [5.41, 5.74) is 0.121. The third kappa shape index (κ3) is 3.76. The Kier molecular flexibility index (Phi) is 5.36. The van der Waals surface area contributed by atoms with Crippen molar-refractivity contribution in [3.63, 3.8) is 0 Å². The number of thiophene rings is 2. The number of nitrogens with zero attached hydrogens (tertiary/aromatic N) is 3. The maximum absolute atomic E-state index is 13.5. The fraction of sp³-hybridized carbons (Fsp3) is 0.190. The fourth-order valence-corrected chi connectivity index (χ4v) is 4.57. The van der Waals surface area contributed by atoms with Crippen LogP contribution in [0.4, 0.5) is 0 Å². The van der Waals surface area contributed by atoms with E-state index in [2.05, 4.69) is 11.2 Å². The van der Waals surface area contributed by atoms with Gasteiger partial charge in [0.2, 0.25) is 0 Å². The van der Waals surface area contributed by atoms with E-state index >= 15 is 0 Å². The first-order chi connectivity index (χ1) is 13.6. The van der Waals surface area contributed by atoms with Crippen LogP contribution < -0.4 is 5.56 Å². The largest absolute Gasteiger partial charge is 0.332 e. The predicted octanol–water partition coefficient (Wildman–Crippen LogP) is 3.94.